The Labute approximate surface area is 171 Å². The van der Waals surface area contributed by atoms with Crippen LogP contribution in [0.25, 0.3) is 0 Å². The molecule has 2 aliphatic heterocycles. The van der Waals surface area contributed by atoms with Gasteiger partial charge in [-0.05, 0) is 43.1 Å². The van der Waals surface area contributed by atoms with E-state index in [0.29, 0.717) is 37.3 Å². The number of likely N-dealkylation sites (tertiary alicyclic amines) is 1. The molecule has 1 aromatic rings. The summed E-state index contributed by atoms with van der Waals surface area (Å²) >= 11 is 0. The number of aliphatic hydroxyl groups excluding tert-OH is 1. The number of H-pyrrole nitrogens is 1. The van der Waals surface area contributed by atoms with Gasteiger partial charge in [-0.15, -0.1) is 0 Å². The van der Waals surface area contributed by atoms with Gasteiger partial charge < -0.3 is 19.7 Å². The third-order valence-electron chi connectivity index (χ3n) is 6.56. The third kappa shape index (κ3) is 4.54. The van der Waals surface area contributed by atoms with Gasteiger partial charge in [0.1, 0.15) is 5.69 Å². The fourth-order valence-electron chi connectivity index (χ4n) is 5.20. The number of nitrogens with zero attached hydrogens (tertiary/aromatic N) is 3. The topological polar surface area (TPSA) is 98.8 Å². The van der Waals surface area contributed by atoms with E-state index in [-0.39, 0.29) is 23.7 Å². The minimum Gasteiger partial charge on any atom is -0.391 e. The number of amides is 1. The van der Waals surface area contributed by atoms with E-state index < -0.39 is 5.69 Å². The van der Waals surface area contributed by atoms with Crippen LogP contribution in [-0.2, 0) is 11.2 Å². The predicted molar refractivity (Wildman–Crippen MR) is 108 cm³/mol. The Morgan fingerprint density at radius 2 is 1.97 bits per heavy atom. The molecule has 2 saturated heterocycles. The molecule has 1 saturated carbocycles. The summed E-state index contributed by atoms with van der Waals surface area (Å²) in [4.78, 5) is 35.8. The zero-order chi connectivity index (χ0) is 20.5. The molecule has 29 heavy (non-hydrogen) atoms. The van der Waals surface area contributed by atoms with Crippen molar-refractivity contribution >= 4 is 5.91 Å². The molecule has 0 aromatic carbocycles. The Morgan fingerprint density at radius 1 is 1.28 bits per heavy atom. The number of aliphatic hydroxyl groups is 1. The maximum atomic E-state index is 13.1. The van der Waals surface area contributed by atoms with E-state index in [9.17, 15) is 14.7 Å². The van der Waals surface area contributed by atoms with Crippen LogP contribution in [0.4, 0.5) is 0 Å². The van der Waals surface area contributed by atoms with Crippen LogP contribution in [-0.4, -0.2) is 82.3 Å². The van der Waals surface area contributed by atoms with E-state index in [1.54, 1.807) is 6.07 Å². The summed E-state index contributed by atoms with van der Waals surface area (Å²) in [6.07, 6.45) is 1.96. The fraction of sp³-hybridized carbons (Fsp3) is 0.762. The SMILES string of the molecule is CC(C)Cc1cc(C(=O)N2C[C@H]3C[C@@H](N4CCOCC4)[C@H](O)C[C@H]3C2)nc(=O)[nH]1. The number of fused-ring (bicyclic) bond motifs is 1. The van der Waals surface area contributed by atoms with Crippen molar-refractivity contribution in [3.8, 4) is 0 Å². The lowest BCUT2D eigenvalue weighted by Crippen LogP contribution is -2.53. The number of morpholine rings is 1. The lowest BCUT2D eigenvalue weighted by Gasteiger charge is -2.43. The molecule has 8 heteroatoms. The van der Waals surface area contributed by atoms with E-state index in [4.69, 9.17) is 4.74 Å². The van der Waals surface area contributed by atoms with Gasteiger partial charge in [-0.25, -0.2) is 4.79 Å². The number of carbonyl (C=O) groups is 1. The number of hydrogen-bond acceptors (Lipinski definition) is 6. The van der Waals surface area contributed by atoms with E-state index >= 15 is 0 Å². The van der Waals surface area contributed by atoms with Gasteiger partial charge in [-0.2, -0.15) is 4.98 Å². The summed E-state index contributed by atoms with van der Waals surface area (Å²) in [6, 6.07) is 1.86. The number of carbonyl (C=O) groups excluding carboxylic acids is 1. The molecule has 3 aliphatic rings. The highest BCUT2D eigenvalue weighted by atomic mass is 16.5. The number of rotatable bonds is 4. The van der Waals surface area contributed by atoms with E-state index in [1.165, 1.54) is 0 Å². The highest BCUT2D eigenvalue weighted by Gasteiger charge is 2.45. The second-order valence-corrected chi connectivity index (χ2v) is 9.18. The van der Waals surface area contributed by atoms with Crippen molar-refractivity contribution in [1.29, 1.82) is 0 Å². The first-order valence-electron chi connectivity index (χ1n) is 10.8. The van der Waals surface area contributed by atoms with Crippen LogP contribution in [0.2, 0.25) is 0 Å². The number of hydrogen-bond donors (Lipinski definition) is 2. The van der Waals surface area contributed by atoms with Gasteiger partial charge in [0.2, 0.25) is 0 Å². The van der Waals surface area contributed by atoms with Crippen molar-refractivity contribution in [2.75, 3.05) is 39.4 Å². The largest absolute Gasteiger partial charge is 0.391 e. The molecule has 1 aromatic heterocycles. The molecule has 160 valence electrons. The van der Waals surface area contributed by atoms with Crippen molar-refractivity contribution in [3.05, 3.63) is 27.9 Å². The standard InChI is InChI=1S/C21H32N4O4/c1-13(2)7-16-10-17(23-21(28)22-16)20(27)25-11-14-8-18(19(26)9-15(14)12-25)24-3-5-29-6-4-24/h10,13-15,18-19,26H,3-9,11-12H2,1-2H3,(H,22,23,28)/t14-,15+,18-,19-/m1/s1. The predicted octanol–water partition coefficient (Wildman–Crippen LogP) is 0.512. The van der Waals surface area contributed by atoms with E-state index in [0.717, 1.165) is 44.8 Å². The first-order chi connectivity index (χ1) is 13.9. The normalized spacial score (nSPS) is 30.6. The summed E-state index contributed by atoms with van der Waals surface area (Å²) in [5, 5.41) is 10.7. The van der Waals surface area contributed by atoms with Crippen LogP contribution in [0.15, 0.2) is 10.9 Å². The molecule has 2 N–H and O–H groups in total. The minimum absolute atomic E-state index is 0.144. The van der Waals surface area contributed by atoms with Crippen molar-refractivity contribution in [1.82, 2.24) is 19.8 Å². The lowest BCUT2D eigenvalue weighted by molar-refractivity contribution is -0.0520. The summed E-state index contributed by atoms with van der Waals surface area (Å²) in [5.74, 6) is 0.896. The third-order valence-corrected chi connectivity index (χ3v) is 6.56. The summed E-state index contributed by atoms with van der Waals surface area (Å²) in [7, 11) is 0. The summed E-state index contributed by atoms with van der Waals surface area (Å²) in [5.41, 5.74) is 0.516. The molecule has 8 nitrogen and oxygen atoms in total. The van der Waals surface area contributed by atoms with Gasteiger partial charge in [-0.1, -0.05) is 13.8 Å². The molecular formula is C21H32N4O4. The quantitative estimate of drug-likeness (QED) is 0.759. The highest BCUT2D eigenvalue weighted by molar-refractivity contribution is 5.92. The van der Waals surface area contributed by atoms with Gasteiger partial charge in [0.05, 0.1) is 19.3 Å². The Bertz CT molecular complexity index is 789. The first-order valence-corrected chi connectivity index (χ1v) is 10.8. The molecule has 3 fully saturated rings. The highest BCUT2D eigenvalue weighted by Crippen LogP contribution is 2.38. The zero-order valence-corrected chi connectivity index (χ0v) is 17.3. The molecule has 0 bridgehead atoms. The van der Waals surface area contributed by atoms with Gasteiger partial charge in [0.15, 0.2) is 0 Å². The minimum atomic E-state index is -0.467. The molecule has 4 atom stereocenters. The molecule has 1 aliphatic carbocycles. The summed E-state index contributed by atoms with van der Waals surface area (Å²) < 4.78 is 5.44. The van der Waals surface area contributed by atoms with Crippen molar-refractivity contribution in [2.24, 2.45) is 17.8 Å². The van der Waals surface area contributed by atoms with Gasteiger partial charge in [0, 0.05) is 37.9 Å². The second kappa shape index (κ2) is 8.53. The number of ether oxygens (including phenoxy) is 1. The second-order valence-electron chi connectivity index (χ2n) is 9.18. The zero-order valence-electron chi connectivity index (χ0n) is 17.3. The van der Waals surface area contributed by atoms with Crippen LogP contribution in [0, 0.1) is 17.8 Å². The van der Waals surface area contributed by atoms with Crippen LogP contribution < -0.4 is 5.69 Å². The Hall–Kier alpha value is -1.77. The monoisotopic (exact) mass is 404 g/mol. The number of aromatic amines is 1. The van der Waals surface area contributed by atoms with Crippen LogP contribution in [0.1, 0.15) is 42.9 Å². The smallest absolute Gasteiger partial charge is 0.345 e. The molecule has 3 heterocycles. The van der Waals surface area contributed by atoms with Gasteiger partial charge in [0.25, 0.3) is 5.91 Å². The van der Waals surface area contributed by atoms with E-state index in [1.807, 2.05) is 4.90 Å². The molecule has 1 amide bonds. The van der Waals surface area contributed by atoms with Crippen LogP contribution in [0.3, 0.4) is 0 Å². The molecular weight excluding hydrogens is 372 g/mol. The first kappa shape index (κ1) is 20.5. The van der Waals surface area contributed by atoms with Crippen molar-refractivity contribution in [2.45, 2.75) is 45.3 Å². The molecule has 4 rings (SSSR count). The Kier molecular flexibility index (Phi) is 6.03. The Morgan fingerprint density at radius 3 is 2.66 bits per heavy atom. The molecule has 0 radical (unpaired) electrons. The van der Waals surface area contributed by atoms with Crippen LogP contribution in [0.5, 0.6) is 0 Å². The van der Waals surface area contributed by atoms with Gasteiger partial charge >= 0.3 is 5.69 Å². The van der Waals surface area contributed by atoms with Crippen molar-refractivity contribution in [3.63, 3.8) is 0 Å². The average molecular weight is 405 g/mol. The maximum absolute atomic E-state index is 13.1. The van der Waals surface area contributed by atoms with E-state index in [2.05, 4.69) is 28.7 Å². The van der Waals surface area contributed by atoms with Crippen LogP contribution >= 0.6 is 0 Å². The average Bonchev–Trinajstić information content (AvgIpc) is 3.09. The Balaban J connectivity index is 1.45. The molecule has 0 spiro atoms. The maximum Gasteiger partial charge on any atom is 0.345 e. The van der Waals surface area contributed by atoms with Gasteiger partial charge in [-0.3, -0.25) is 9.69 Å². The number of nitrogens with one attached hydrogen (secondary N) is 1. The summed E-state index contributed by atoms with van der Waals surface area (Å²) in [6.45, 7) is 8.59. The molecule has 0 unspecified atom stereocenters. The number of aromatic nitrogens is 2. The fourth-order valence-corrected chi connectivity index (χ4v) is 5.20. The van der Waals surface area contributed by atoms with Crippen molar-refractivity contribution < 1.29 is 14.6 Å². The lowest BCUT2D eigenvalue weighted by atomic mass is 9.77.